The van der Waals surface area contributed by atoms with E-state index in [2.05, 4.69) is 0 Å². The van der Waals surface area contributed by atoms with Crippen molar-refractivity contribution in [2.24, 2.45) is 0 Å². The highest BCUT2D eigenvalue weighted by molar-refractivity contribution is 5.98. The molecule has 0 spiro atoms. The van der Waals surface area contributed by atoms with Gasteiger partial charge in [0.2, 0.25) is 12.1 Å². The monoisotopic (exact) mass is 244 g/mol. The number of halogens is 2. The van der Waals surface area contributed by atoms with Crippen LogP contribution in [0.15, 0.2) is 18.2 Å². The fraction of sp³-hybridized carbons (Fsp3) is 0.417. The van der Waals surface area contributed by atoms with Crippen molar-refractivity contribution < 1.29 is 23.0 Å². The number of hydrogen-bond donors (Lipinski definition) is 0. The van der Waals surface area contributed by atoms with E-state index in [-0.39, 0.29) is 18.8 Å². The summed E-state index contributed by atoms with van der Waals surface area (Å²) in [4.78, 5) is 11.8. The molecule has 0 heterocycles. The second-order valence-corrected chi connectivity index (χ2v) is 3.26. The predicted molar refractivity (Wildman–Crippen MR) is 57.7 cm³/mol. The molecule has 17 heavy (non-hydrogen) atoms. The molecule has 0 atom stereocenters. The van der Waals surface area contributed by atoms with E-state index in [0.29, 0.717) is 6.07 Å². The van der Waals surface area contributed by atoms with Crippen molar-refractivity contribution in [3.8, 4) is 0 Å². The van der Waals surface area contributed by atoms with Gasteiger partial charge in [-0.25, -0.2) is 8.78 Å². The topological polar surface area (TPSA) is 35.5 Å². The first-order chi connectivity index (χ1) is 8.08. The van der Waals surface area contributed by atoms with E-state index >= 15 is 0 Å². The molecule has 0 amide bonds. The van der Waals surface area contributed by atoms with Crippen LogP contribution in [-0.2, 0) is 9.47 Å². The van der Waals surface area contributed by atoms with Crippen molar-refractivity contribution in [2.45, 2.75) is 20.1 Å². The highest BCUT2D eigenvalue weighted by Crippen LogP contribution is 2.12. The normalized spacial score (nSPS) is 10.9. The zero-order valence-electron chi connectivity index (χ0n) is 9.70. The summed E-state index contributed by atoms with van der Waals surface area (Å²) in [6.07, 6.45) is -1.12. The van der Waals surface area contributed by atoms with E-state index < -0.39 is 23.7 Å². The summed E-state index contributed by atoms with van der Waals surface area (Å²) < 4.78 is 36.0. The molecular weight excluding hydrogens is 230 g/mol. The molecule has 0 N–H and O–H groups in total. The van der Waals surface area contributed by atoms with Crippen LogP contribution in [0.4, 0.5) is 8.78 Å². The maximum Gasteiger partial charge on any atom is 0.222 e. The molecule has 0 aromatic heterocycles. The van der Waals surface area contributed by atoms with E-state index in [1.807, 2.05) is 0 Å². The van der Waals surface area contributed by atoms with Gasteiger partial charge in [0.05, 0.1) is 0 Å². The summed E-state index contributed by atoms with van der Waals surface area (Å²) >= 11 is 0. The fourth-order valence-electron chi connectivity index (χ4n) is 1.33. The van der Waals surface area contributed by atoms with E-state index in [4.69, 9.17) is 9.47 Å². The minimum atomic E-state index is -1.12. The van der Waals surface area contributed by atoms with Crippen LogP contribution in [0.2, 0.25) is 0 Å². The third-order valence-electron chi connectivity index (χ3n) is 2.00. The lowest BCUT2D eigenvalue weighted by molar-refractivity contribution is -0.107. The number of carbonyl (C=O) groups is 1. The van der Waals surface area contributed by atoms with Gasteiger partial charge >= 0.3 is 0 Å². The standard InChI is InChI=1S/C12H14F2O3/c1-3-16-12(17-4-2)11(15)8-5-9(13)7-10(14)6-8/h5-7,12H,3-4H2,1-2H3. The molecule has 1 aromatic carbocycles. The minimum absolute atomic E-state index is 0.102. The van der Waals surface area contributed by atoms with Gasteiger partial charge < -0.3 is 9.47 Å². The highest BCUT2D eigenvalue weighted by atomic mass is 19.1. The van der Waals surface area contributed by atoms with Crippen LogP contribution in [0.25, 0.3) is 0 Å². The Balaban J connectivity index is 2.92. The molecule has 0 fully saturated rings. The van der Waals surface area contributed by atoms with Crippen LogP contribution in [0.3, 0.4) is 0 Å². The number of ketones is 1. The zero-order valence-corrected chi connectivity index (χ0v) is 9.70. The smallest absolute Gasteiger partial charge is 0.222 e. The molecule has 5 heteroatoms. The number of Topliss-reactive ketones (excluding diaryl/α,β-unsaturated/α-hetero) is 1. The third-order valence-corrected chi connectivity index (χ3v) is 2.00. The molecule has 0 bridgehead atoms. The molecule has 1 aromatic rings. The van der Waals surface area contributed by atoms with Crippen LogP contribution in [0.5, 0.6) is 0 Å². The Morgan fingerprint density at radius 1 is 1.12 bits per heavy atom. The zero-order chi connectivity index (χ0) is 12.8. The summed E-state index contributed by atoms with van der Waals surface area (Å²) in [6, 6.07) is 2.61. The Bertz CT molecular complexity index is 367. The van der Waals surface area contributed by atoms with E-state index in [9.17, 15) is 13.6 Å². The van der Waals surface area contributed by atoms with Crippen molar-refractivity contribution >= 4 is 5.78 Å². The number of hydrogen-bond acceptors (Lipinski definition) is 3. The lowest BCUT2D eigenvalue weighted by Gasteiger charge is -2.15. The van der Waals surface area contributed by atoms with Gasteiger partial charge in [-0.3, -0.25) is 4.79 Å². The Hall–Kier alpha value is -1.33. The molecule has 0 radical (unpaired) electrons. The van der Waals surface area contributed by atoms with Crippen LogP contribution >= 0.6 is 0 Å². The molecule has 94 valence electrons. The number of ether oxygens (including phenoxy) is 2. The van der Waals surface area contributed by atoms with Gasteiger partial charge in [-0.1, -0.05) is 0 Å². The van der Waals surface area contributed by atoms with Gasteiger partial charge in [-0.2, -0.15) is 0 Å². The van der Waals surface area contributed by atoms with Gasteiger partial charge in [0.1, 0.15) is 11.6 Å². The van der Waals surface area contributed by atoms with Crippen LogP contribution in [0.1, 0.15) is 24.2 Å². The SMILES string of the molecule is CCOC(OCC)C(=O)c1cc(F)cc(F)c1. The second kappa shape index (κ2) is 6.42. The Labute approximate surface area is 98.3 Å². The van der Waals surface area contributed by atoms with Crippen LogP contribution in [0, 0.1) is 11.6 Å². The second-order valence-electron chi connectivity index (χ2n) is 3.26. The van der Waals surface area contributed by atoms with Gasteiger partial charge in [-0.05, 0) is 26.0 Å². The van der Waals surface area contributed by atoms with Crippen molar-refractivity contribution in [3.63, 3.8) is 0 Å². The van der Waals surface area contributed by atoms with E-state index in [1.54, 1.807) is 13.8 Å². The summed E-state index contributed by atoms with van der Waals surface area (Å²) in [5.74, 6) is -2.20. The van der Waals surface area contributed by atoms with Gasteiger partial charge in [0.25, 0.3) is 0 Å². The average molecular weight is 244 g/mol. The largest absolute Gasteiger partial charge is 0.346 e. The average Bonchev–Trinajstić information content (AvgIpc) is 2.26. The molecule has 0 aliphatic carbocycles. The van der Waals surface area contributed by atoms with E-state index in [0.717, 1.165) is 12.1 Å². The lowest BCUT2D eigenvalue weighted by Crippen LogP contribution is -2.28. The van der Waals surface area contributed by atoms with Crippen molar-refractivity contribution in [1.82, 2.24) is 0 Å². The number of benzene rings is 1. The van der Waals surface area contributed by atoms with Gasteiger partial charge in [0.15, 0.2) is 0 Å². The minimum Gasteiger partial charge on any atom is -0.346 e. The summed E-state index contributed by atoms with van der Waals surface area (Å²) in [5, 5.41) is 0. The third kappa shape index (κ3) is 3.87. The van der Waals surface area contributed by atoms with E-state index in [1.165, 1.54) is 0 Å². The number of carbonyl (C=O) groups excluding carboxylic acids is 1. The summed E-state index contributed by atoms with van der Waals surface area (Å²) in [7, 11) is 0. The quantitative estimate of drug-likeness (QED) is 0.570. The molecule has 1 rings (SSSR count). The summed E-state index contributed by atoms with van der Waals surface area (Å²) in [5.41, 5.74) is -0.102. The molecule has 3 nitrogen and oxygen atoms in total. The predicted octanol–water partition coefficient (Wildman–Crippen LogP) is 2.55. The maximum atomic E-state index is 12.9. The van der Waals surface area contributed by atoms with Gasteiger partial charge in [-0.15, -0.1) is 0 Å². The molecule has 0 saturated carbocycles. The highest BCUT2D eigenvalue weighted by Gasteiger charge is 2.21. The molecule has 0 aliphatic rings. The van der Waals surface area contributed by atoms with Crippen LogP contribution in [-0.4, -0.2) is 25.3 Å². The molecular formula is C12H14F2O3. The van der Waals surface area contributed by atoms with Crippen molar-refractivity contribution in [2.75, 3.05) is 13.2 Å². The first-order valence-corrected chi connectivity index (χ1v) is 5.32. The number of rotatable bonds is 6. The fourth-order valence-corrected chi connectivity index (χ4v) is 1.33. The first-order valence-electron chi connectivity index (χ1n) is 5.32. The molecule has 0 saturated heterocycles. The summed E-state index contributed by atoms with van der Waals surface area (Å²) in [6.45, 7) is 3.94. The van der Waals surface area contributed by atoms with Crippen molar-refractivity contribution in [3.05, 3.63) is 35.4 Å². The Kier molecular flexibility index (Phi) is 5.18. The first kappa shape index (κ1) is 13.7. The maximum absolute atomic E-state index is 12.9. The Morgan fingerprint density at radius 3 is 2.00 bits per heavy atom. The Morgan fingerprint density at radius 2 is 1.59 bits per heavy atom. The van der Waals surface area contributed by atoms with Gasteiger partial charge in [0, 0.05) is 24.8 Å². The van der Waals surface area contributed by atoms with Crippen LogP contribution < -0.4 is 0 Å². The molecule has 0 unspecified atom stereocenters. The lowest BCUT2D eigenvalue weighted by atomic mass is 10.1. The molecule has 0 aliphatic heterocycles. The van der Waals surface area contributed by atoms with Crippen molar-refractivity contribution in [1.29, 1.82) is 0 Å².